The number of benzene rings is 2. The number of hydrogen-bond donors (Lipinski definition) is 0. The quantitative estimate of drug-likeness (QED) is 0.329. The van der Waals surface area contributed by atoms with Crippen LogP contribution in [0.25, 0.3) is 16.3 Å². The van der Waals surface area contributed by atoms with Crippen LogP contribution in [0.4, 0.5) is 10.8 Å². The first-order chi connectivity index (χ1) is 15.0. The van der Waals surface area contributed by atoms with Gasteiger partial charge in [-0.25, -0.2) is 4.98 Å². The number of amides is 1. The number of nitro groups is 1. The Balaban J connectivity index is 1.39. The number of hydrogen-bond acceptors (Lipinski definition) is 7. The number of piperazine rings is 1. The molecule has 3 aromatic rings. The molecule has 0 atom stereocenters. The van der Waals surface area contributed by atoms with E-state index in [0.29, 0.717) is 38.3 Å². The maximum Gasteiger partial charge on any atom is 0.270 e. The highest BCUT2D eigenvalue weighted by molar-refractivity contribution is 7.22. The monoisotopic (exact) mass is 438 g/mol. The van der Waals surface area contributed by atoms with Gasteiger partial charge in [-0.15, -0.1) is 0 Å². The van der Waals surface area contributed by atoms with Crippen LogP contribution >= 0.6 is 11.3 Å². The molecule has 0 saturated carbocycles. The number of nitrogens with zero attached hydrogens (tertiary/aromatic N) is 4. The van der Waals surface area contributed by atoms with Crippen LogP contribution in [0.5, 0.6) is 5.75 Å². The topological polar surface area (TPSA) is 88.8 Å². The van der Waals surface area contributed by atoms with Crippen LogP contribution < -0.4 is 9.64 Å². The number of aromatic nitrogens is 1. The molecule has 8 nitrogen and oxygen atoms in total. The van der Waals surface area contributed by atoms with Gasteiger partial charge in [0.25, 0.3) is 5.69 Å². The normalized spacial score (nSPS) is 14.4. The van der Waals surface area contributed by atoms with Gasteiger partial charge in [-0.2, -0.15) is 0 Å². The highest BCUT2D eigenvalue weighted by Gasteiger charge is 2.22. The summed E-state index contributed by atoms with van der Waals surface area (Å²) in [5, 5.41) is 11.8. The van der Waals surface area contributed by atoms with Crippen LogP contribution in [-0.2, 0) is 4.79 Å². The second-order valence-corrected chi connectivity index (χ2v) is 8.04. The SMILES string of the molecule is CCOc1cccc2sc(N3CCN(C(=O)/C=C/c4cccc([N+](=O)[O-])c4)CC3)nc12. The van der Waals surface area contributed by atoms with Crippen molar-refractivity contribution in [1.82, 2.24) is 9.88 Å². The van der Waals surface area contributed by atoms with E-state index in [1.54, 1.807) is 34.4 Å². The van der Waals surface area contributed by atoms with E-state index < -0.39 is 4.92 Å². The molecule has 0 radical (unpaired) electrons. The van der Waals surface area contributed by atoms with Crippen LogP contribution in [0.2, 0.25) is 0 Å². The van der Waals surface area contributed by atoms with Crippen LogP contribution in [0, 0.1) is 10.1 Å². The van der Waals surface area contributed by atoms with E-state index in [-0.39, 0.29) is 11.6 Å². The Morgan fingerprint density at radius 3 is 2.74 bits per heavy atom. The Bertz CT molecular complexity index is 1140. The van der Waals surface area contributed by atoms with Gasteiger partial charge in [0.15, 0.2) is 5.13 Å². The molecular formula is C22H22N4O4S. The summed E-state index contributed by atoms with van der Waals surface area (Å²) in [4.78, 5) is 31.7. The van der Waals surface area contributed by atoms with Gasteiger partial charge in [-0.1, -0.05) is 29.5 Å². The number of carbonyl (C=O) groups is 1. The fourth-order valence-electron chi connectivity index (χ4n) is 3.45. The van der Waals surface area contributed by atoms with Crippen molar-refractivity contribution in [2.24, 2.45) is 0 Å². The molecule has 1 saturated heterocycles. The van der Waals surface area contributed by atoms with Gasteiger partial charge < -0.3 is 14.5 Å². The van der Waals surface area contributed by atoms with Gasteiger partial charge in [0, 0.05) is 44.4 Å². The molecule has 2 aromatic carbocycles. The molecule has 0 spiro atoms. The predicted molar refractivity (Wildman–Crippen MR) is 122 cm³/mol. The minimum atomic E-state index is -0.447. The van der Waals surface area contributed by atoms with Crippen LogP contribution in [0.15, 0.2) is 48.5 Å². The second kappa shape index (κ2) is 9.13. The molecule has 1 aliphatic heterocycles. The third kappa shape index (κ3) is 4.66. The molecule has 2 heterocycles. The van der Waals surface area contributed by atoms with Crippen molar-refractivity contribution in [3.63, 3.8) is 0 Å². The molecule has 0 aliphatic carbocycles. The molecular weight excluding hydrogens is 416 g/mol. The van der Waals surface area contributed by atoms with Gasteiger partial charge in [0.2, 0.25) is 5.91 Å². The van der Waals surface area contributed by atoms with Gasteiger partial charge in [-0.3, -0.25) is 14.9 Å². The fraction of sp³-hybridized carbons (Fsp3) is 0.273. The Morgan fingerprint density at radius 2 is 2.00 bits per heavy atom. The molecule has 1 fully saturated rings. The number of anilines is 1. The molecule has 0 unspecified atom stereocenters. The van der Waals surface area contributed by atoms with Crippen molar-refractivity contribution in [2.45, 2.75) is 6.92 Å². The van der Waals surface area contributed by atoms with E-state index in [1.807, 2.05) is 25.1 Å². The van der Waals surface area contributed by atoms with Gasteiger partial charge in [0.05, 0.1) is 16.2 Å². The first kappa shape index (κ1) is 20.8. The van der Waals surface area contributed by atoms with E-state index in [4.69, 9.17) is 9.72 Å². The largest absolute Gasteiger partial charge is 0.492 e. The van der Waals surface area contributed by atoms with Crippen LogP contribution in [-0.4, -0.2) is 53.5 Å². The standard InChI is InChI=1S/C22H22N4O4S/c1-2-30-18-7-4-8-19-21(18)23-22(31-19)25-13-11-24(12-14-25)20(27)10-9-16-5-3-6-17(15-16)26(28)29/h3-10,15H,2,11-14H2,1H3/b10-9+. The summed E-state index contributed by atoms with van der Waals surface area (Å²) in [6, 6.07) is 12.2. The Morgan fingerprint density at radius 1 is 1.23 bits per heavy atom. The second-order valence-electron chi connectivity index (χ2n) is 7.03. The average Bonchev–Trinajstić information content (AvgIpc) is 3.23. The predicted octanol–water partition coefficient (Wildman–Crippen LogP) is 3.97. The van der Waals surface area contributed by atoms with Crippen molar-refractivity contribution in [3.8, 4) is 5.75 Å². The molecule has 1 amide bonds. The third-order valence-electron chi connectivity index (χ3n) is 5.03. The summed E-state index contributed by atoms with van der Waals surface area (Å²) >= 11 is 1.63. The minimum absolute atomic E-state index is 0.00606. The number of fused-ring (bicyclic) bond motifs is 1. The average molecular weight is 439 g/mol. The zero-order valence-electron chi connectivity index (χ0n) is 17.1. The molecule has 31 heavy (non-hydrogen) atoms. The first-order valence-corrected chi connectivity index (χ1v) is 10.9. The lowest BCUT2D eigenvalue weighted by atomic mass is 10.2. The number of para-hydroxylation sites is 1. The fourth-order valence-corrected chi connectivity index (χ4v) is 4.49. The number of thiazole rings is 1. The maximum atomic E-state index is 12.5. The van der Waals surface area contributed by atoms with E-state index in [9.17, 15) is 14.9 Å². The Labute approximate surface area is 183 Å². The van der Waals surface area contributed by atoms with Crippen molar-refractivity contribution in [2.75, 3.05) is 37.7 Å². The molecule has 160 valence electrons. The summed E-state index contributed by atoms with van der Waals surface area (Å²) in [5.41, 5.74) is 1.51. The summed E-state index contributed by atoms with van der Waals surface area (Å²) < 4.78 is 6.76. The molecule has 9 heteroatoms. The van der Waals surface area contributed by atoms with Crippen LogP contribution in [0.3, 0.4) is 0 Å². The zero-order chi connectivity index (χ0) is 21.8. The highest BCUT2D eigenvalue weighted by Crippen LogP contribution is 2.34. The third-order valence-corrected chi connectivity index (χ3v) is 6.11. The lowest BCUT2D eigenvalue weighted by molar-refractivity contribution is -0.384. The molecule has 1 aliphatic rings. The van der Waals surface area contributed by atoms with Gasteiger partial charge >= 0.3 is 0 Å². The summed E-state index contributed by atoms with van der Waals surface area (Å²) in [6.07, 6.45) is 3.09. The molecule has 0 bridgehead atoms. The molecule has 1 aromatic heterocycles. The Hall–Kier alpha value is -3.46. The van der Waals surface area contributed by atoms with Gasteiger partial charge in [-0.05, 0) is 30.7 Å². The number of non-ortho nitro benzene ring substituents is 1. The molecule has 4 rings (SSSR count). The van der Waals surface area contributed by atoms with Gasteiger partial charge in [0.1, 0.15) is 11.3 Å². The number of carbonyl (C=O) groups excluding carboxylic acids is 1. The summed E-state index contributed by atoms with van der Waals surface area (Å²) in [7, 11) is 0. The van der Waals surface area contributed by atoms with E-state index in [1.165, 1.54) is 18.2 Å². The Kier molecular flexibility index (Phi) is 6.13. The van der Waals surface area contributed by atoms with Crippen molar-refractivity contribution in [1.29, 1.82) is 0 Å². The smallest absolute Gasteiger partial charge is 0.270 e. The van der Waals surface area contributed by atoms with Crippen LogP contribution in [0.1, 0.15) is 12.5 Å². The number of nitro benzene ring substituents is 1. The van der Waals surface area contributed by atoms with Crippen molar-refractivity contribution < 1.29 is 14.5 Å². The van der Waals surface area contributed by atoms with E-state index in [0.717, 1.165) is 21.1 Å². The van der Waals surface area contributed by atoms with E-state index >= 15 is 0 Å². The first-order valence-electron chi connectivity index (χ1n) is 10.0. The zero-order valence-corrected chi connectivity index (χ0v) is 17.9. The van der Waals surface area contributed by atoms with Crippen molar-refractivity contribution in [3.05, 3.63) is 64.2 Å². The minimum Gasteiger partial charge on any atom is -0.492 e. The van der Waals surface area contributed by atoms with Crippen molar-refractivity contribution >= 4 is 44.4 Å². The van der Waals surface area contributed by atoms with E-state index in [2.05, 4.69) is 4.90 Å². The summed E-state index contributed by atoms with van der Waals surface area (Å²) in [6.45, 7) is 5.12. The highest BCUT2D eigenvalue weighted by atomic mass is 32.1. The maximum absolute atomic E-state index is 12.5. The number of rotatable bonds is 6. The lowest BCUT2D eigenvalue weighted by Gasteiger charge is -2.34. The number of ether oxygens (including phenoxy) is 1. The summed E-state index contributed by atoms with van der Waals surface area (Å²) in [5.74, 6) is 0.691. The lowest BCUT2D eigenvalue weighted by Crippen LogP contribution is -2.48. The molecule has 0 N–H and O–H groups in total.